The molecular weight excluding hydrogens is 532 g/mol. The Morgan fingerprint density at radius 1 is 1.22 bits per heavy atom. The number of allylic oxidation sites excluding steroid dienone is 3. The van der Waals surface area contributed by atoms with Crippen molar-refractivity contribution in [3.8, 4) is 0 Å². The number of nitrogens with zero attached hydrogens (tertiary/aromatic N) is 1. The van der Waals surface area contributed by atoms with Crippen LogP contribution in [-0.2, 0) is 25.7 Å². The van der Waals surface area contributed by atoms with E-state index >= 15 is 0 Å². The fraction of sp³-hybridized carbons (Fsp3) is 0.441. The van der Waals surface area contributed by atoms with Crippen LogP contribution in [0.2, 0.25) is 0 Å². The number of rotatable bonds is 11. The van der Waals surface area contributed by atoms with Crippen molar-refractivity contribution in [1.29, 1.82) is 0 Å². The maximum absolute atomic E-state index is 11.8. The molecule has 2 atom stereocenters. The second-order valence-electron chi connectivity index (χ2n) is 11.7. The minimum absolute atomic E-state index is 0.172. The molecule has 2 N–H and O–H groups in total. The topological polar surface area (TPSA) is 91.5 Å². The zero-order valence-electron chi connectivity index (χ0n) is 25.6. The molecule has 1 aromatic heterocycles. The molecule has 0 bridgehead atoms. The molecule has 41 heavy (non-hydrogen) atoms. The Labute approximate surface area is 250 Å². The first-order valence-electron chi connectivity index (χ1n) is 14.1. The first kappa shape index (κ1) is 34.1. The van der Waals surface area contributed by atoms with E-state index in [0.29, 0.717) is 25.2 Å². The number of hydrogen-bond donors (Lipinski definition) is 1. The molecule has 0 amide bonds. The molecule has 6 nitrogen and oxygen atoms in total. The Morgan fingerprint density at radius 2 is 1.93 bits per heavy atom. The average molecular weight is 579 g/mol. The van der Waals surface area contributed by atoms with Crippen LogP contribution in [0.1, 0.15) is 90.0 Å². The SMILES string of the molecule is CC(C)(C)CC=O.CCOC(=O)/C(C)=C\C(C)=C\c1csc(C(N)CC2=CCC(C)(OCc3ccccc3)C=C2)n1. The van der Waals surface area contributed by atoms with Crippen molar-refractivity contribution in [3.05, 3.63) is 93.0 Å². The molecule has 2 aromatic rings. The van der Waals surface area contributed by atoms with Gasteiger partial charge in [-0.25, -0.2) is 9.78 Å². The van der Waals surface area contributed by atoms with Crippen LogP contribution in [0.3, 0.4) is 0 Å². The van der Waals surface area contributed by atoms with Crippen molar-refractivity contribution in [3.63, 3.8) is 0 Å². The van der Waals surface area contributed by atoms with Crippen molar-refractivity contribution in [2.45, 2.75) is 86.0 Å². The molecule has 1 aromatic carbocycles. The van der Waals surface area contributed by atoms with E-state index in [1.54, 1.807) is 25.2 Å². The molecular formula is C34H46N2O4S. The summed E-state index contributed by atoms with van der Waals surface area (Å²) >= 11 is 1.56. The van der Waals surface area contributed by atoms with Gasteiger partial charge in [0, 0.05) is 17.4 Å². The lowest BCUT2D eigenvalue weighted by Crippen LogP contribution is -2.27. The summed E-state index contributed by atoms with van der Waals surface area (Å²) in [5.74, 6) is -0.299. The molecule has 3 rings (SSSR count). The minimum atomic E-state index is -0.310. The van der Waals surface area contributed by atoms with Crippen LogP contribution in [0.5, 0.6) is 0 Å². The Kier molecular flexibility index (Phi) is 13.6. The zero-order valence-corrected chi connectivity index (χ0v) is 26.4. The van der Waals surface area contributed by atoms with Gasteiger partial charge in [0.15, 0.2) is 0 Å². The van der Waals surface area contributed by atoms with Gasteiger partial charge in [0.25, 0.3) is 0 Å². The molecule has 222 valence electrons. The van der Waals surface area contributed by atoms with Gasteiger partial charge in [-0.2, -0.15) is 0 Å². The summed E-state index contributed by atoms with van der Waals surface area (Å²) in [7, 11) is 0. The molecule has 0 spiro atoms. The monoisotopic (exact) mass is 578 g/mol. The summed E-state index contributed by atoms with van der Waals surface area (Å²) in [6, 6.07) is 10.0. The fourth-order valence-corrected chi connectivity index (χ4v) is 4.66. The van der Waals surface area contributed by atoms with Crippen LogP contribution in [0.15, 0.2) is 76.7 Å². The Balaban J connectivity index is 0.000000745. The maximum atomic E-state index is 11.8. The summed E-state index contributed by atoms with van der Waals surface area (Å²) in [4.78, 5) is 26.3. The number of thiazole rings is 1. The lowest BCUT2D eigenvalue weighted by Gasteiger charge is -2.29. The van der Waals surface area contributed by atoms with Gasteiger partial charge >= 0.3 is 5.97 Å². The highest BCUT2D eigenvalue weighted by Crippen LogP contribution is 2.30. The summed E-state index contributed by atoms with van der Waals surface area (Å²) in [5.41, 5.74) is 11.1. The quantitative estimate of drug-likeness (QED) is 0.126. The van der Waals surface area contributed by atoms with Crippen molar-refractivity contribution in [2.75, 3.05) is 6.61 Å². The average Bonchev–Trinajstić information content (AvgIpc) is 3.38. The molecule has 0 saturated heterocycles. The van der Waals surface area contributed by atoms with Crippen LogP contribution >= 0.6 is 11.3 Å². The zero-order chi connectivity index (χ0) is 30.5. The number of aromatic nitrogens is 1. The van der Waals surface area contributed by atoms with Gasteiger partial charge in [-0.05, 0) is 69.2 Å². The van der Waals surface area contributed by atoms with Crippen molar-refractivity contribution >= 4 is 29.7 Å². The fourth-order valence-electron chi connectivity index (χ4n) is 3.88. The van der Waals surface area contributed by atoms with Gasteiger partial charge in [0.1, 0.15) is 11.3 Å². The number of esters is 1. The number of hydrogen-bond acceptors (Lipinski definition) is 7. The highest BCUT2D eigenvalue weighted by molar-refractivity contribution is 7.09. The lowest BCUT2D eigenvalue weighted by atomic mass is 9.91. The smallest absolute Gasteiger partial charge is 0.333 e. The van der Waals surface area contributed by atoms with E-state index < -0.39 is 0 Å². The predicted octanol–water partition coefficient (Wildman–Crippen LogP) is 7.93. The molecule has 1 heterocycles. The Bertz CT molecular complexity index is 1250. The third-order valence-electron chi connectivity index (χ3n) is 6.26. The molecule has 1 aliphatic carbocycles. The molecule has 0 radical (unpaired) electrons. The van der Waals surface area contributed by atoms with Crippen LogP contribution in [0.4, 0.5) is 0 Å². The number of carbonyl (C=O) groups excluding carboxylic acids is 2. The third-order valence-corrected chi connectivity index (χ3v) is 7.25. The second kappa shape index (κ2) is 16.3. The van der Waals surface area contributed by atoms with Crippen LogP contribution in [-0.4, -0.2) is 29.4 Å². The molecule has 0 saturated carbocycles. The van der Waals surface area contributed by atoms with Gasteiger partial charge in [0.05, 0.1) is 30.6 Å². The van der Waals surface area contributed by atoms with Gasteiger partial charge in [-0.3, -0.25) is 0 Å². The minimum Gasteiger partial charge on any atom is -0.463 e. The summed E-state index contributed by atoms with van der Waals surface area (Å²) < 4.78 is 11.2. The normalized spacial score (nSPS) is 18.2. The van der Waals surface area contributed by atoms with Crippen LogP contribution < -0.4 is 5.73 Å². The number of carbonyl (C=O) groups is 2. The van der Waals surface area contributed by atoms with Crippen LogP contribution in [0.25, 0.3) is 6.08 Å². The number of ether oxygens (including phenoxy) is 2. The van der Waals surface area contributed by atoms with E-state index in [1.165, 1.54) is 11.1 Å². The summed E-state index contributed by atoms with van der Waals surface area (Å²) in [6.45, 7) is 14.7. The third kappa shape index (κ3) is 12.9. The number of aldehydes is 1. The van der Waals surface area contributed by atoms with E-state index in [0.717, 1.165) is 35.4 Å². The van der Waals surface area contributed by atoms with Gasteiger partial charge in [-0.15, -0.1) is 11.3 Å². The largest absolute Gasteiger partial charge is 0.463 e. The molecule has 0 fully saturated rings. The summed E-state index contributed by atoms with van der Waals surface area (Å²) in [5, 5.41) is 2.89. The molecule has 0 aliphatic heterocycles. The van der Waals surface area contributed by atoms with Gasteiger partial charge < -0.3 is 20.0 Å². The number of nitrogens with two attached hydrogens (primary N) is 1. The van der Waals surface area contributed by atoms with Crippen molar-refractivity contribution < 1.29 is 19.1 Å². The first-order chi connectivity index (χ1) is 19.3. The van der Waals surface area contributed by atoms with E-state index in [4.69, 9.17) is 20.2 Å². The van der Waals surface area contributed by atoms with E-state index in [-0.39, 0.29) is 23.0 Å². The van der Waals surface area contributed by atoms with Gasteiger partial charge in [-0.1, -0.05) is 74.9 Å². The molecule has 1 aliphatic rings. The summed E-state index contributed by atoms with van der Waals surface area (Å²) in [6.07, 6.45) is 13.4. The standard InChI is InChI=1S/C28H34N2O3S.C6H12O/c1-5-32-27(31)21(3)15-20(2)16-24-19-34-26(30-24)25(29)17-22-11-13-28(4,14-12-22)33-18-23-9-7-6-8-10-23;1-6(2,3)4-5-7/h6-13,15-16,19,25H,5,14,17-18,29H2,1-4H3;5H,4H2,1-3H3/b20-16+,21-15-;. The van der Waals surface area contributed by atoms with E-state index in [1.807, 2.05) is 63.4 Å². The van der Waals surface area contributed by atoms with Crippen LogP contribution in [0, 0.1) is 5.41 Å². The first-order valence-corrected chi connectivity index (χ1v) is 15.0. The van der Waals surface area contributed by atoms with E-state index in [9.17, 15) is 9.59 Å². The highest BCUT2D eigenvalue weighted by atomic mass is 32.1. The number of benzene rings is 1. The van der Waals surface area contributed by atoms with Crippen molar-refractivity contribution in [2.24, 2.45) is 11.1 Å². The molecule has 2 unspecified atom stereocenters. The predicted molar refractivity (Wildman–Crippen MR) is 169 cm³/mol. The van der Waals surface area contributed by atoms with Crippen molar-refractivity contribution in [1.82, 2.24) is 4.98 Å². The lowest BCUT2D eigenvalue weighted by molar-refractivity contribution is -0.138. The highest BCUT2D eigenvalue weighted by Gasteiger charge is 2.24. The maximum Gasteiger partial charge on any atom is 0.333 e. The molecule has 7 heteroatoms. The van der Waals surface area contributed by atoms with Gasteiger partial charge in [0.2, 0.25) is 0 Å². The Morgan fingerprint density at radius 3 is 2.49 bits per heavy atom. The second-order valence-corrected chi connectivity index (χ2v) is 12.6. The van der Waals surface area contributed by atoms with E-state index in [2.05, 4.69) is 37.3 Å². The Hall–Kier alpha value is -3.13.